The zero-order chi connectivity index (χ0) is 13.9. The lowest BCUT2D eigenvalue weighted by molar-refractivity contribution is -0.144. The summed E-state index contributed by atoms with van der Waals surface area (Å²) >= 11 is 0. The summed E-state index contributed by atoms with van der Waals surface area (Å²) in [6, 6.07) is 2.21. The molecule has 1 aromatic heterocycles. The van der Waals surface area contributed by atoms with Gasteiger partial charge in [0.2, 0.25) is 0 Å². The minimum absolute atomic E-state index is 0. The lowest BCUT2D eigenvalue weighted by Crippen LogP contribution is -2.45. The Morgan fingerprint density at radius 2 is 2.14 bits per heavy atom. The summed E-state index contributed by atoms with van der Waals surface area (Å²) in [6.45, 7) is 2.05. The lowest BCUT2D eigenvalue weighted by atomic mass is 10.0. The van der Waals surface area contributed by atoms with Crippen LogP contribution in [0.4, 0.5) is 0 Å². The molecule has 1 unspecified atom stereocenters. The fourth-order valence-corrected chi connectivity index (χ4v) is 3.13. The van der Waals surface area contributed by atoms with Gasteiger partial charge in [-0.1, -0.05) is 0 Å². The smallest absolute Gasteiger partial charge is 0.251 e. The SMILES string of the molecule is Cl.Cl.NC[C@H]1CC[C@@H](C(=O)N2CCCC(n3cccn3)C2)O1. The standard InChI is InChI=1S/C14H22N4O2.2ClH/c15-9-12-4-5-13(20-12)14(19)17-7-1-3-11(10-17)18-8-2-6-16-18;;/h2,6,8,11-13H,1,3-5,7,9-10,15H2;2*1H/t11?,12-,13+;;/m1../s1. The Balaban J connectivity index is 0.00000121. The van der Waals surface area contributed by atoms with Gasteiger partial charge in [0.15, 0.2) is 0 Å². The second-order valence-corrected chi connectivity index (χ2v) is 5.63. The van der Waals surface area contributed by atoms with Crippen LogP contribution in [-0.2, 0) is 9.53 Å². The number of likely N-dealkylation sites (tertiary alicyclic amines) is 1. The van der Waals surface area contributed by atoms with E-state index in [-0.39, 0.29) is 49.0 Å². The molecule has 22 heavy (non-hydrogen) atoms. The number of hydrogen-bond acceptors (Lipinski definition) is 4. The van der Waals surface area contributed by atoms with Crippen molar-refractivity contribution in [3.63, 3.8) is 0 Å². The molecule has 0 spiro atoms. The third kappa shape index (κ3) is 4.13. The Kier molecular flexibility index (Phi) is 7.62. The van der Waals surface area contributed by atoms with Gasteiger partial charge in [-0.2, -0.15) is 5.10 Å². The number of piperidine rings is 1. The van der Waals surface area contributed by atoms with Gasteiger partial charge in [0, 0.05) is 32.0 Å². The van der Waals surface area contributed by atoms with Crippen LogP contribution in [0, 0.1) is 0 Å². The van der Waals surface area contributed by atoms with Crippen molar-refractivity contribution < 1.29 is 9.53 Å². The van der Waals surface area contributed by atoms with Crippen molar-refractivity contribution >= 4 is 30.7 Å². The molecular formula is C14H24Cl2N4O2. The Morgan fingerprint density at radius 3 is 2.77 bits per heavy atom. The van der Waals surface area contributed by atoms with Crippen molar-refractivity contribution in [3.8, 4) is 0 Å². The Morgan fingerprint density at radius 1 is 1.32 bits per heavy atom. The summed E-state index contributed by atoms with van der Waals surface area (Å²) in [6.07, 6.45) is 7.29. The molecule has 126 valence electrons. The molecule has 3 rings (SSSR count). The molecule has 1 amide bonds. The number of nitrogens with zero attached hydrogens (tertiary/aromatic N) is 3. The van der Waals surface area contributed by atoms with Gasteiger partial charge in [-0.3, -0.25) is 9.48 Å². The van der Waals surface area contributed by atoms with E-state index in [2.05, 4.69) is 5.10 Å². The van der Waals surface area contributed by atoms with Crippen molar-refractivity contribution in [1.29, 1.82) is 0 Å². The van der Waals surface area contributed by atoms with Gasteiger partial charge < -0.3 is 15.4 Å². The molecule has 0 aliphatic carbocycles. The van der Waals surface area contributed by atoms with E-state index in [1.807, 2.05) is 21.8 Å². The summed E-state index contributed by atoms with van der Waals surface area (Å²) in [7, 11) is 0. The van der Waals surface area contributed by atoms with Crippen molar-refractivity contribution in [2.45, 2.75) is 43.9 Å². The minimum Gasteiger partial charge on any atom is -0.364 e. The third-order valence-electron chi connectivity index (χ3n) is 4.25. The number of nitrogens with two attached hydrogens (primary N) is 1. The van der Waals surface area contributed by atoms with Gasteiger partial charge in [0.1, 0.15) is 6.10 Å². The van der Waals surface area contributed by atoms with E-state index in [1.165, 1.54) is 0 Å². The van der Waals surface area contributed by atoms with Crippen LogP contribution in [0.5, 0.6) is 0 Å². The summed E-state index contributed by atoms with van der Waals surface area (Å²) in [5.74, 6) is 0.123. The average Bonchev–Trinajstić information content (AvgIpc) is 3.17. The van der Waals surface area contributed by atoms with Gasteiger partial charge in [0.05, 0.1) is 12.1 Å². The normalized spacial score (nSPS) is 27.9. The fraction of sp³-hybridized carbons (Fsp3) is 0.714. The van der Waals surface area contributed by atoms with E-state index in [0.717, 1.165) is 38.8 Å². The quantitative estimate of drug-likeness (QED) is 0.893. The predicted molar refractivity (Wildman–Crippen MR) is 88.5 cm³/mol. The number of aromatic nitrogens is 2. The molecule has 0 radical (unpaired) electrons. The molecule has 0 saturated carbocycles. The number of carbonyl (C=O) groups excluding carboxylic acids is 1. The fourth-order valence-electron chi connectivity index (χ4n) is 3.13. The molecule has 2 aliphatic heterocycles. The minimum atomic E-state index is -0.292. The molecule has 1 aromatic rings. The molecule has 2 aliphatic rings. The third-order valence-corrected chi connectivity index (χ3v) is 4.25. The first kappa shape index (κ1) is 19.2. The second kappa shape index (κ2) is 8.72. The first-order valence-electron chi connectivity index (χ1n) is 7.41. The van der Waals surface area contributed by atoms with Crippen molar-refractivity contribution in [3.05, 3.63) is 18.5 Å². The van der Waals surface area contributed by atoms with E-state index in [9.17, 15) is 4.79 Å². The van der Waals surface area contributed by atoms with Gasteiger partial charge in [0.25, 0.3) is 5.91 Å². The molecule has 8 heteroatoms. The van der Waals surface area contributed by atoms with Crippen LogP contribution in [0.25, 0.3) is 0 Å². The molecule has 3 heterocycles. The van der Waals surface area contributed by atoms with Crippen LogP contribution in [0.15, 0.2) is 18.5 Å². The van der Waals surface area contributed by atoms with Gasteiger partial charge in [-0.15, -0.1) is 24.8 Å². The summed E-state index contributed by atoms with van der Waals surface area (Å²) in [4.78, 5) is 14.4. The van der Waals surface area contributed by atoms with E-state index < -0.39 is 0 Å². The highest BCUT2D eigenvalue weighted by molar-refractivity contribution is 5.85. The van der Waals surface area contributed by atoms with Crippen LogP contribution in [0.3, 0.4) is 0 Å². The largest absolute Gasteiger partial charge is 0.364 e. The average molecular weight is 351 g/mol. The Labute approximate surface area is 143 Å². The van der Waals surface area contributed by atoms with Crippen LogP contribution in [-0.4, -0.2) is 52.4 Å². The highest BCUT2D eigenvalue weighted by Gasteiger charge is 2.35. The van der Waals surface area contributed by atoms with E-state index in [0.29, 0.717) is 6.54 Å². The molecular weight excluding hydrogens is 327 g/mol. The number of amides is 1. The van der Waals surface area contributed by atoms with E-state index in [1.54, 1.807) is 6.20 Å². The molecule has 2 N–H and O–H groups in total. The molecule has 0 bridgehead atoms. The Hall–Kier alpha value is -0.820. The van der Waals surface area contributed by atoms with E-state index >= 15 is 0 Å². The lowest BCUT2D eigenvalue weighted by Gasteiger charge is -2.34. The highest BCUT2D eigenvalue weighted by atomic mass is 35.5. The summed E-state index contributed by atoms with van der Waals surface area (Å²) in [5.41, 5.74) is 5.60. The molecule has 6 nitrogen and oxygen atoms in total. The van der Waals surface area contributed by atoms with Gasteiger partial charge in [-0.05, 0) is 31.7 Å². The molecule has 3 atom stereocenters. The van der Waals surface area contributed by atoms with Crippen LogP contribution < -0.4 is 5.73 Å². The summed E-state index contributed by atoms with van der Waals surface area (Å²) in [5, 5.41) is 4.29. The monoisotopic (exact) mass is 350 g/mol. The zero-order valence-electron chi connectivity index (χ0n) is 12.5. The number of hydrogen-bond donors (Lipinski definition) is 1. The van der Waals surface area contributed by atoms with Crippen molar-refractivity contribution in [2.75, 3.05) is 19.6 Å². The predicted octanol–water partition coefficient (Wildman–Crippen LogP) is 1.40. The Bertz CT molecular complexity index is 458. The number of ether oxygens (including phenoxy) is 1. The van der Waals surface area contributed by atoms with Crippen molar-refractivity contribution in [1.82, 2.24) is 14.7 Å². The molecule has 2 fully saturated rings. The van der Waals surface area contributed by atoms with Crippen molar-refractivity contribution in [2.24, 2.45) is 5.73 Å². The first-order valence-corrected chi connectivity index (χ1v) is 7.41. The first-order chi connectivity index (χ1) is 9.78. The summed E-state index contributed by atoms with van der Waals surface area (Å²) < 4.78 is 7.67. The maximum Gasteiger partial charge on any atom is 0.251 e. The topological polar surface area (TPSA) is 73.4 Å². The zero-order valence-corrected chi connectivity index (χ0v) is 14.1. The van der Waals surface area contributed by atoms with Crippen LogP contribution in [0.2, 0.25) is 0 Å². The van der Waals surface area contributed by atoms with Gasteiger partial charge >= 0.3 is 0 Å². The molecule has 2 saturated heterocycles. The highest BCUT2D eigenvalue weighted by Crippen LogP contribution is 2.25. The van der Waals surface area contributed by atoms with Crippen LogP contribution >= 0.6 is 24.8 Å². The van der Waals surface area contributed by atoms with Gasteiger partial charge in [-0.25, -0.2) is 0 Å². The number of rotatable bonds is 3. The maximum atomic E-state index is 12.5. The maximum absolute atomic E-state index is 12.5. The number of carbonyl (C=O) groups is 1. The van der Waals surface area contributed by atoms with E-state index in [4.69, 9.17) is 10.5 Å². The number of halogens is 2. The van der Waals surface area contributed by atoms with Crippen LogP contribution in [0.1, 0.15) is 31.7 Å². The second-order valence-electron chi connectivity index (χ2n) is 5.63. The molecule has 0 aromatic carbocycles.